The Morgan fingerprint density at radius 2 is 1.15 bits per heavy atom. The molecule has 0 aromatic heterocycles. The lowest BCUT2D eigenvalue weighted by molar-refractivity contribution is 0.605. The van der Waals surface area contributed by atoms with Gasteiger partial charge in [0.25, 0.3) is 11.4 Å². The summed E-state index contributed by atoms with van der Waals surface area (Å²) in [4.78, 5) is 6.36. The first-order valence-corrected chi connectivity index (χ1v) is 14.7. The van der Waals surface area contributed by atoms with Crippen LogP contribution in [0.5, 0.6) is 0 Å². The second kappa shape index (κ2) is 13.2. The zero-order valence-electron chi connectivity index (χ0n) is 21.3. The summed E-state index contributed by atoms with van der Waals surface area (Å²) < 4.78 is 50.6. The van der Waals surface area contributed by atoms with E-state index in [2.05, 4.69) is 19.1 Å². The Morgan fingerprint density at radius 1 is 0.756 bits per heavy atom. The highest BCUT2D eigenvalue weighted by atomic mass is 32.2. The van der Waals surface area contributed by atoms with Gasteiger partial charge in [-0.1, -0.05) is 24.3 Å². The van der Waals surface area contributed by atoms with E-state index in [4.69, 9.17) is 13.1 Å². The van der Waals surface area contributed by atoms with Crippen LogP contribution < -0.4 is 9.44 Å². The van der Waals surface area contributed by atoms with Gasteiger partial charge in [0.15, 0.2) is 0 Å². The van der Waals surface area contributed by atoms with Crippen molar-refractivity contribution < 1.29 is 16.8 Å². The van der Waals surface area contributed by atoms with Gasteiger partial charge in [-0.15, -0.1) is 0 Å². The summed E-state index contributed by atoms with van der Waals surface area (Å²) >= 11 is 0. The summed E-state index contributed by atoms with van der Waals surface area (Å²) in [5.41, 5.74) is -1.30. The molecule has 2 aromatic rings. The van der Waals surface area contributed by atoms with Crippen LogP contribution in [0.4, 0.5) is 11.4 Å². The molecule has 2 rings (SSSR count). The number of nitrogens with zero attached hydrogens (tertiary/aromatic N) is 6. The van der Waals surface area contributed by atoms with Crippen molar-refractivity contribution in [1.29, 1.82) is 15.8 Å². The largest absolute Gasteiger partial charge is 0.763 e. The van der Waals surface area contributed by atoms with Gasteiger partial charge in [0.05, 0.1) is 49.4 Å². The molecule has 202 valence electrons. The molecule has 0 atom stereocenters. The van der Waals surface area contributed by atoms with E-state index in [0.29, 0.717) is 0 Å². The van der Waals surface area contributed by atoms with Gasteiger partial charge in [-0.3, -0.25) is 15.3 Å². The second-order valence-corrected chi connectivity index (χ2v) is 11.5. The van der Waals surface area contributed by atoms with Crippen LogP contribution in [0.2, 0.25) is 0 Å². The number of benzene rings is 2. The van der Waals surface area contributed by atoms with Crippen molar-refractivity contribution in [2.75, 3.05) is 22.0 Å². The first-order chi connectivity index (χ1) is 19.3. The number of hydrogen-bond acceptors (Lipinski definition) is 7. The number of allylic oxidation sites excluding steroid dienone is 7. The SMILES string of the molecule is [C-]#[N+]/C(C#N)=C(\C(C#N)=C\C(=C=[N-])/C(=C(\C#N)[N+]#[C-])c1ccc(NS(C)(=O)=O)cc1)c1ccc(NS(C)(=O)=O)cc1. The smallest absolute Gasteiger partial charge is 0.270 e. The normalized spacial score (nSPS) is 12.4. The highest BCUT2D eigenvalue weighted by Gasteiger charge is 2.19. The Balaban J connectivity index is 2.79. The van der Waals surface area contributed by atoms with Gasteiger partial charge in [-0.05, 0) is 47.0 Å². The average Bonchev–Trinajstić information content (AvgIpc) is 2.91. The Kier molecular flexibility index (Phi) is 10.1. The number of nitriles is 3. The molecule has 0 radical (unpaired) electrons. The Bertz CT molecular complexity index is 1930. The lowest BCUT2D eigenvalue weighted by Crippen LogP contribution is -2.09. The van der Waals surface area contributed by atoms with Gasteiger partial charge < -0.3 is 5.41 Å². The molecule has 0 bridgehead atoms. The quantitative estimate of drug-likeness (QED) is 0.193. The van der Waals surface area contributed by atoms with Crippen LogP contribution in [0.3, 0.4) is 0 Å². The Labute approximate surface area is 237 Å². The third-order valence-electron chi connectivity index (χ3n) is 4.93. The summed E-state index contributed by atoms with van der Waals surface area (Å²) in [5.74, 6) is 1.85. The lowest BCUT2D eigenvalue weighted by atomic mass is 9.91. The number of rotatable bonds is 9. The predicted molar refractivity (Wildman–Crippen MR) is 154 cm³/mol. The second-order valence-electron chi connectivity index (χ2n) is 7.99. The van der Waals surface area contributed by atoms with Crippen LogP contribution in [-0.4, -0.2) is 35.2 Å². The van der Waals surface area contributed by atoms with Gasteiger partial charge in [0.1, 0.15) is 0 Å². The molecule has 12 nitrogen and oxygen atoms in total. The van der Waals surface area contributed by atoms with E-state index in [9.17, 15) is 38.0 Å². The third kappa shape index (κ3) is 8.53. The molecule has 0 fully saturated rings. The molecule has 0 aliphatic carbocycles. The van der Waals surface area contributed by atoms with Crippen LogP contribution in [0.25, 0.3) is 26.2 Å². The van der Waals surface area contributed by atoms with E-state index in [0.717, 1.165) is 18.6 Å². The zero-order chi connectivity index (χ0) is 30.8. The van der Waals surface area contributed by atoms with Crippen molar-refractivity contribution in [3.05, 3.63) is 117 Å². The van der Waals surface area contributed by atoms with Crippen molar-refractivity contribution in [2.45, 2.75) is 0 Å². The highest BCUT2D eigenvalue weighted by Crippen LogP contribution is 2.33. The molecular weight excluding hydrogens is 564 g/mol. The van der Waals surface area contributed by atoms with Crippen molar-refractivity contribution in [3.8, 4) is 18.2 Å². The van der Waals surface area contributed by atoms with Crippen molar-refractivity contribution in [2.24, 2.45) is 0 Å². The number of hydrogen-bond donors (Lipinski definition) is 2. The lowest BCUT2D eigenvalue weighted by Gasteiger charge is -2.14. The predicted octanol–water partition coefficient (Wildman–Crippen LogP) is 4.05. The molecule has 41 heavy (non-hydrogen) atoms. The Morgan fingerprint density at radius 3 is 1.46 bits per heavy atom. The highest BCUT2D eigenvalue weighted by molar-refractivity contribution is 7.92. The summed E-state index contributed by atoms with van der Waals surface area (Å²) in [6.07, 6.45) is 2.93. The summed E-state index contributed by atoms with van der Waals surface area (Å²) in [7, 11) is -7.19. The maximum atomic E-state index is 11.5. The minimum absolute atomic E-state index is 0.169. The van der Waals surface area contributed by atoms with Crippen LogP contribution >= 0.6 is 0 Å². The van der Waals surface area contributed by atoms with Crippen molar-refractivity contribution in [1.82, 2.24) is 0 Å². The number of sulfonamides is 2. The molecule has 0 heterocycles. The van der Waals surface area contributed by atoms with Crippen LogP contribution in [-0.2, 0) is 20.0 Å². The fraction of sp³-hybridized carbons (Fsp3) is 0.0741. The fourth-order valence-corrected chi connectivity index (χ4v) is 4.54. The number of anilines is 2. The molecule has 0 unspecified atom stereocenters. The standard InChI is InChI=1S/C27H17N8O4S2/c1-32-24(16-30)26(18-5-9-22(10-6-18)34-40(3,36)37)20(14-28)13-21(15-29)27(25(17-31)33-2)19-7-11-23(12-8-19)35-41(4,38)39/h5-13,34-35H,3-4H3/q-1/b20-13+,26-24-,27-25+. The van der Waals surface area contributed by atoms with Gasteiger partial charge >= 0.3 is 0 Å². The average molecular weight is 582 g/mol. The first kappa shape index (κ1) is 31.3. The van der Waals surface area contributed by atoms with Gasteiger partial charge in [0.2, 0.25) is 20.0 Å². The topological polar surface area (TPSA) is 195 Å². The van der Waals surface area contributed by atoms with E-state index in [1.807, 2.05) is 11.9 Å². The van der Waals surface area contributed by atoms with E-state index in [1.165, 1.54) is 48.5 Å². The molecule has 0 saturated heterocycles. The van der Waals surface area contributed by atoms with E-state index < -0.39 is 31.4 Å². The van der Waals surface area contributed by atoms with E-state index in [-0.39, 0.29) is 44.8 Å². The molecule has 2 N–H and O–H groups in total. The molecule has 0 amide bonds. The van der Waals surface area contributed by atoms with Gasteiger partial charge in [-0.2, -0.15) is 5.26 Å². The van der Waals surface area contributed by atoms with E-state index >= 15 is 0 Å². The van der Waals surface area contributed by atoms with Crippen LogP contribution in [0.1, 0.15) is 11.1 Å². The van der Waals surface area contributed by atoms with E-state index in [1.54, 1.807) is 12.1 Å². The maximum Gasteiger partial charge on any atom is 0.270 e. The molecule has 2 aromatic carbocycles. The summed E-state index contributed by atoms with van der Waals surface area (Å²) in [6.45, 7) is 14.9. The fourth-order valence-electron chi connectivity index (χ4n) is 3.42. The van der Waals surface area contributed by atoms with Crippen molar-refractivity contribution >= 4 is 48.4 Å². The molecule has 0 spiro atoms. The van der Waals surface area contributed by atoms with Crippen LogP contribution in [0.15, 0.2) is 77.1 Å². The minimum Gasteiger partial charge on any atom is -0.763 e. The first-order valence-electron chi connectivity index (χ1n) is 10.9. The number of nitrogens with one attached hydrogen (secondary N) is 2. The van der Waals surface area contributed by atoms with Crippen LogP contribution in [0, 0.1) is 47.1 Å². The summed E-state index contributed by atoms with van der Waals surface area (Å²) in [5, 5.41) is 39.2. The molecule has 0 aliphatic rings. The molecule has 14 heteroatoms. The van der Waals surface area contributed by atoms with Crippen molar-refractivity contribution in [3.63, 3.8) is 0 Å². The van der Waals surface area contributed by atoms with Gasteiger partial charge in [0, 0.05) is 22.5 Å². The zero-order valence-corrected chi connectivity index (χ0v) is 23.0. The maximum absolute atomic E-state index is 11.5. The Hall–Kier alpha value is -5.94. The molecule has 0 saturated carbocycles. The third-order valence-corrected chi connectivity index (χ3v) is 6.14. The summed E-state index contributed by atoms with van der Waals surface area (Å²) in [6, 6.07) is 16.1. The monoisotopic (exact) mass is 581 g/mol. The molecule has 0 aliphatic heterocycles. The van der Waals surface area contributed by atoms with Gasteiger partial charge in [-0.25, -0.2) is 37.0 Å². The minimum atomic E-state index is -3.59. The molecular formula is C27H17N8O4S2-.